The van der Waals surface area contributed by atoms with Crippen LogP contribution in [0.1, 0.15) is 10.7 Å². The lowest BCUT2D eigenvalue weighted by Gasteiger charge is -2.02. The molecule has 4 heteroatoms. The third-order valence-corrected chi connectivity index (χ3v) is 3.62. The molecule has 1 aromatic heterocycles. The largest absolute Gasteiger partial charge is 0.398 e. The quantitative estimate of drug-likeness (QED) is 0.770. The summed E-state index contributed by atoms with van der Waals surface area (Å²) in [5.41, 5.74) is 8.40. The smallest absolute Gasteiger partial charge is 0.0903 e. The maximum Gasteiger partial charge on any atom is 0.0903 e. The molecule has 0 saturated heterocycles. The predicted molar refractivity (Wildman–Crippen MR) is 66.4 cm³/mol. The highest BCUT2D eigenvalue weighted by atomic mass is 35.5. The number of halogens is 1. The zero-order valence-electron chi connectivity index (χ0n) is 8.54. The van der Waals surface area contributed by atoms with Crippen LogP contribution in [-0.2, 0) is 0 Å². The first-order valence-electron chi connectivity index (χ1n) is 4.57. The molecule has 0 aliphatic rings. The standard InChI is InChI=1S/C11H11ClN2S/c1-6-11(15-7(2)14-6)8-3-4-10(13)9(12)5-8/h3-5H,13H2,1-2H3. The first kappa shape index (κ1) is 10.5. The van der Waals surface area contributed by atoms with E-state index >= 15 is 0 Å². The van der Waals surface area contributed by atoms with Crippen molar-refractivity contribution in [3.05, 3.63) is 33.9 Å². The van der Waals surface area contributed by atoms with Gasteiger partial charge in [-0.05, 0) is 31.5 Å². The fraction of sp³-hybridized carbons (Fsp3) is 0.182. The molecular formula is C11H11ClN2S. The van der Waals surface area contributed by atoms with E-state index in [-0.39, 0.29) is 0 Å². The molecule has 0 radical (unpaired) electrons. The summed E-state index contributed by atoms with van der Waals surface area (Å²) in [6, 6.07) is 5.68. The Morgan fingerprint density at radius 2 is 2.07 bits per heavy atom. The molecule has 2 nitrogen and oxygen atoms in total. The zero-order valence-corrected chi connectivity index (χ0v) is 10.1. The Morgan fingerprint density at radius 1 is 1.33 bits per heavy atom. The number of aromatic nitrogens is 1. The van der Waals surface area contributed by atoms with Crippen molar-refractivity contribution in [3.8, 4) is 10.4 Å². The van der Waals surface area contributed by atoms with Gasteiger partial charge in [0.25, 0.3) is 0 Å². The van der Waals surface area contributed by atoms with Gasteiger partial charge in [-0.2, -0.15) is 0 Å². The van der Waals surface area contributed by atoms with E-state index < -0.39 is 0 Å². The van der Waals surface area contributed by atoms with Gasteiger partial charge in [0.15, 0.2) is 0 Å². The fourth-order valence-electron chi connectivity index (χ4n) is 1.47. The first-order chi connectivity index (χ1) is 7.08. The molecule has 2 rings (SSSR count). The molecule has 0 fully saturated rings. The second kappa shape index (κ2) is 3.83. The summed E-state index contributed by atoms with van der Waals surface area (Å²) in [5.74, 6) is 0. The summed E-state index contributed by atoms with van der Waals surface area (Å²) in [5, 5.41) is 1.66. The van der Waals surface area contributed by atoms with Crippen molar-refractivity contribution in [2.24, 2.45) is 0 Å². The number of aryl methyl sites for hydroxylation is 2. The number of anilines is 1. The minimum absolute atomic E-state index is 0.595. The van der Waals surface area contributed by atoms with E-state index in [9.17, 15) is 0 Å². The molecule has 78 valence electrons. The van der Waals surface area contributed by atoms with Gasteiger partial charge in [0.1, 0.15) is 0 Å². The van der Waals surface area contributed by atoms with Crippen LogP contribution in [0.5, 0.6) is 0 Å². The molecule has 2 aromatic rings. The Morgan fingerprint density at radius 3 is 2.60 bits per heavy atom. The lowest BCUT2D eigenvalue weighted by molar-refractivity contribution is 1.20. The number of hydrogen-bond acceptors (Lipinski definition) is 3. The number of nitrogen functional groups attached to an aromatic ring is 1. The van der Waals surface area contributed by atoms with Crippen molar-refractivity contribution in [1.82, 2.24) is 4.98 Å². The Kier molecular flexibility index (Phi) is 2.67. The van der Waals surface area contributed by atoms with Gasteiger partial charge in [-0.1, -0.05) is 17.7 Å². The summed E-state index contributed by atoms with van der Waals surface area (Å²) in [4.78, 5) is 5.55. The number of hydrogen-bond donors (Lipinski definition) is 1. The second-order valence-corrected chi connectivity index (χ2v) is 4.99. The molecule has 0 aliphatic heterocycles. The van der Waals surface area contributed by atoms with Crippen LogP contribution in [-0.4, -0.2) is 4.98 Å². The van der Waals surface area contributed by atoms with Crippen LogP contribution in [0, 0.1) is 13.8 Å². The van der Waals surface area contributed by atoms with Crippen molar-refractivity contribution in [3.63, 3.8) is 0 Å². The highest BCUT2D eigenvalue weighted by molar-refractivity contribution is 7.15. The van der Waals surface area contributed by atoms with E-state index in [1.807, 2.05) is 32.0 Å². The van der Waals surface area contributed by atoms with E-state index in [2.05, 4.69) is 4.98 Å². The Balaban J connectivity index is 2.54. The summed E-state index contributed by atoms with van der Waals surface area (Å²) in [6.07, 6.45) is 0. The number of rotatable bonds is 1. The Bertz CT molecular complexity index is 505. The molecule has 0 amide bonds. The zero-order chi connectivity index (χ0) is 11.0. The molecule has 0 unspecified atom stereocenters. The normalized spacial score (nSPS) is 10.6. The molecule has 0 spiro atoms. The van der Waals surface area contributed by atoms with Crippen LogP contribution in [0.15, 0.2) is 18.2 Å². The highest BCUT2D eigenvalue weighted by Crippen LogP contribution is 2.32. The summed E-state index contributed by atoms with van der Waals surface area (Å²) in [6.45, 7) is 4.00. The third kappa shape index (κ3) is 1.98. The van der Waals surface area contributed by atoms with E-state index in [0.717, 1.165) is 21.1 Å². The maximum atomic E-state index is 5.98. The molecule has 15 heavy (non-hydrogen) atoms. The van der Waals surface area contributed by atoms with Crippen molar-refractivity contribution < 1.29 is 0 Å². The van der Waals surface area contributed by atoms with Gasteiger partial charge in [-0.3, -0.25) is 0 Å². The average Bonchev–Trinajstić information content (AvgIpc) is 2.50. The van der Waals surface area contributed by atoms with E-state index in [0.29, 0.717) is 10.7 Å². The van der Waals surface area contributed by atoms with Gasteiger partial charge in [0.2, 0.25) is 0 Å². The van der Waals surface area contributed by atoms with Crippen molar-refractivity contribution >= 4 is 28.6 Å². The maximum absolute atomic E-state index is 5.98. The fourth-order valence-corrected chi connectivity index (χ4v) is 2.56. The Hall–Kier alpha value is -1.06. The molecule has 0 atom stereocenters. The van der Waals surface area contributed by atoms with Gasteiger partial charge in [-0.15, -0.1) is 11.3 Å². The van der Waals surface area contributed by atoms with Crippen LogP contribution in [0.2, 0.25) is 5.02 Å². The van der Waals surface area contributed by atoms with Gasteiger partial charge in [0, 0.05) is 0 Å². The van der Waals surface area contributed by atoms with Crippen LogP contribution >= 0.6 is 22.9 Å². The summed E-state index contributed by atoms with van der Waals surface area (Å²) < 4.78 is 0. The van der Waals surface area contributed by atoms with Crippen molar-refractivity contribution in [2.45, 2.75) is 13.8 Å². The molecular weight excluding hydrogens is 228 g/mol. The number of nitrogens with zero attached hydrogens (tertiary/aromatic N) is 1. The average molecular weight is 239 g/mol. The molecule has 1 aromatic carbocycles. The summed E-state index contributed by atoms with van der Waals surface area (Å²) in [7, 11) is 0. The molecule has 0 bridgehead atoms. The first-order valence-corrected chi connectivity index (χ1v) is 5.77. The van der Waals surface area contributed by atoms with E-state index in [1.165, 1.54) is 0 Å². The molecule has 0 aliphatic carbocycles. The van der Waals surface area contributed by atoms with Gasteiger partial charge in [0.05, 0.1) is 26.3 Å². The minimum atomic E-state index is 0.595. The van der Waals surface area contributed by atoms with E-state index in [4.69, 9.17) is 17.3 Å². The molecule has 1 heterocycles. The highest BCUT2D eigenvalue weighted by Gasteiger charge is 2.08. The monoisotopic (exact) mass is 238 g/mol. The van der Waals surface area contributed by atoms with Gasteiger partial charge >= 0.3 is 0 Å². The minimum Gasteiger partial charge on any atom is -0.398 e. The summed E-state index contributed by atoms with van der Waals surface area (Å²) >= 11 is 7.65. The van der Waals surface area contributed by atoms with Gasteiger partial charge in [-0.25, -0.2) is 4.98 Å². The third-order valence-electron chi connectivity index (χ3n) is 2.17. The van der Waals surface area contributed by atoms with Crippen LogP contribution in [0.4, 0.5) is 5.69 Å². The lowest BCUT2D eigenvalue weighted by Crippen LogP contribution is -1.86. The molecule has 0 saturated carbocycles. The van der Waals surface area contributed by atoms with Crippen molar-refractivity contribution in [2.75, 3.05) is 5.73 Å². The lowest BCUT2D eigenvalue weighted by atomic mass is 10.1. The second-order valence-electron chi connectivity index (χ2n) is 3.38. The van der Waals surface area contributed by atoms with Crippen LogP contribution < -0.4 is 5.73 Å². The van der Waals surface area contributed by atoms with Crippen molar-refractivity contribution in [1.29, 1.82) is 0 Å². The van der Waals surface area contributed by atoms with Crippen LogP contribution in [0.3, 0.4) is 0 Å². The predicted octanol–water partition coefficient (Wildman–Crippen LogP) is 3.66. The molecule has 2 N–H and O–H groups in total. The number of thiazole rings is 1. The van der Waals surface area contributed by atoms with Crippen LogP contribution in [0.25, 0.3) is 10.4 Å². The SMILES string of the molecule is Cc1nc(C)c(-c2ccc(N)c(Cl)c2)s1. The number of nitrogens with two attached hydrogens (primary N) is 1. The van der Waals surface area contributed by atoms with Gasteiger partial charge < -0.3 is 5.73 Å². The topological polar surface area (TPSA) is 38.9 Å². The van der Waals surface area contributed by atoms with E-state index in [1.54, 1.807) is 11.3 Å². The Labute approximate surface area is 97.7 Å². The number of benzene rings is 1.